The summed E-state index contributed by atoms with van der Waals surface area (Å²) < 4.78 is 56.1. The van der Waals surface area contributed by atoms with Crippen LogP contribution < -0.4 is 13.9 Å². The van der Waals surface area contributed by atoms with Gasteiger partial charge in [0.2, 0.25) is 0 Å². The molecule has 0 saturated carbocycles. The van der Waals surface area contributed by atoms with Crippen LogP contribution in [0.25, 0.3) is 0 Å². The molecule has 0 fully saturated rings. The summed E-state index contributed by atoms with van der Waals surface area (Å²) >= 11 is -9.19. The van der Waals surface area contributed by atoms with Gasteiger partial charge in [0.05, 0.1) is 6.61 Å². The van der Waals surface area contributed by atoms with Crippen LogP contribution in [0.3, 0.4) is 0 Å². The molecule has 0 bridgehead atoms. The van der Waals surface area contributed by atoms with Gasteiger partial charge in [-0.05, 0) is 67.1 Å². The third-order valence-electron chi connectivity index (χ3n) is 5.70. The van der Waals surface area contributed by atoms with Gasteiger partial charge in [-0.1, -0.05) is 67.9 Å². The van der Waals surface area contributed by atoms with E-state index in [1.807, 2.05) is 0 Å². The first-order valence-electron chi connectivity index (χ1n) is 11.9. The minimum absolute atomic E-state index is 0. The van der Waals surface area contributed by atoms with Crippen molar-refractivity contribution in [2.45, 2.75) is 26.3 Å². The molecule has 0 atom stereocenters. The first-order chi connectivity index (χ1) is 17.6. The Morgan fingerprint density at radius 3 is 1.32 bits per heavy atom. The molecule has 38 heavy (non-hydrogen) atoms. The Labute approximate surface area is 224 Å². The third-order valence-corrected chi connectivity index (χ3v) is 5.70. The molecule has 0 aliphatic rings. The number of unbranched alkanes of at least 4 members (excludes halogenated alkanes) is 1. The van der Waals surface area contributed by atoms with Crippen molar-refractivity contribution >= 4 is 37.4 Å². The molecule has 0 aromatic heterocycles. The van der Waals surface area contributed by atoms with Crippen LogP contribution in [0.5, 0.6) is 5.75 Å². The predicted octanol–water partition coefficient (Wildman–Crippen LogP) is 6.76. The van der Waals surface area contributed by atoms with Gasteiger partial charge in [-0.25, -0.2) is 4.48 Å². The Kier molecular flexibility index (Phi) is 11.3. The van der Waals surface area contributed by atoms with E-state index in [0.717, 1.165) is 31.7 Å². The molecule has 4 aromatic carbocycles. The molecule has 204 valence electrons. The van der Waals surface area contributed by atoms with Gasteiger partial charge in [-0.2, -0.15) is 0 Å². The van der Waals surface area contributed by atoms with Gasteiger partial charge in [-0.15, -0.1) is 0 Å². The Balaban J connectivity index is 0.000000652. The van der Waals surface area contributed by atoms with E-state index in [4.69, 9.17) is 4.74 Å². The van der Waals surface area contributed by atoms with Crippen molar-refractivity contribution in [3.63, 3.8) is 0 Å². The second-order valence-electron chi connectivity index (χ2n) is 8.46. The van der Waals surface area contributed by atoms with Crippen LogP contribution in [0.1, 0.15) is 25.3 Å². The third kappa shape index (κ3) is 9.73. The number of nitrogens with zero attached hydrogens (tertiary/aromatic N) is 1. The quantitative estimate of drug-likeness (QED) is 0.0848. The monoisotopic (exact) mass is 643 g/mol. The summed E-state index contributed by atoms with van der Waals surface area (Å²) in [6, 6.07) is 40.9. The summed E-state index contributed by atoms with van der Waals surface area (Å²) in [5, 5.41) is 0. The molecule has 0 aliphatic carbocycles. The number of ether oxygens (including phenoxy) is 1. The summed E-state index contributed by atoms with van der Waals surface area (Å²) in [6.45, 7) is 3.77. The topological polar surface area (TPSA) is 9.23 Å². The molecular weight excluding hydrogens is 614 g/mol. The Bertz CT molecular complexity index is 1100. The van der Waals surface area contributed by atoms with Crippen molar-refractivity contribution in [1.82, 2.24) is 4.48 Å². The van der Waals surface area contributed by atoms with Crippen LogP contribution in [-0.2, 0) is 6.54 Å². The number of rotatable bonds is 9. The molecule has 0 spiro atoms. The zero-order chi connectivity index (χ0) is 26.8. The first-order valence-corrected chi connectivity index (χ1v) is 16.8. The van der Waals surface area contributed by atoms with Crippen molar-refractivity contribution in [2.75, 3.05) is 6.61 Å². The van der Waals surface area contributed by atoms with E-state index in [1.54, 1.807) is 0 Å². The molecule has 0 N–H and O–H groups in total. The number of benzene rings is 4. The molecule has 0 aliphatic heterocycles. The first kappa shape index (κ1) is 31.3. The Morgan fingerprint density at radius 1 is 0.605 bits per heavy atom. The number of quaternary nitrogens is 1. The van der Waals surface area contributed by atoms with Gasteiger partial charge < -0.3 is 9.44 Å². The zero-order valence-corrected chi connectivity index (χ0v) is 23.4. The van der Waals surface area contributed by atoms with Gasteiger partial charge in [0, 0.05) is 5.56 Å². The van der Waals surface area contributed by atoms with Crippen molar-refractivity contribution in [2.24, 2.45) is 0 Å². The maximum absolute atomic E-state index is 9.91. The van der Waals surface area contributed by atoms with Crippen molar-refractivity contribution < 1.29 is 23.5 Å². The predicted molar refractivity (Wildman–Crippen MR) is 142 cm³/mol. The molecule has 0 heterocycles. The Morgan fingerprint density at radius 2 is 0.974 bits per heavy atom. The van der Waals surface area contributed by atoms with Crippen LogP contribution >= 0.6 is 0 Å². The average molecular weight is 644 g/mol. The van der Waals surface area contributed by atoms with E-state index in [2.05, 4.69) is 122 Å². The molecule has 0 saturated heterocycles. The standard InChI is InChI=1S/C29H30NO.6FH.Sb/c1-2-3-23-31-29-21-19-25(20-22-29)24-30(26-13-7-4-8-14-26,27-15-9-5-10-16-27)28-17-11-6-12-18-28;;;;;;;/h4-22H,2-3,23-24H2,1H3;6*1H;/q+1;;;;;;;+5/p-6. The molecule has 4 aromatic rings. The summed E-state index contributed by atoms with van der Waals surface area (Å²) in [6.07, 6.45) is 2.22. The molecule has 0 unspecified atom stereocenters. The fourth-order valence-electron chi connectivity index (χ4n) is 4.07. The number of para-hydroxylation sites is 3. The van der Waals surface area contributed by atoms with E-state index in [1.165, 1.54) is 22.6 Å². The van der Waals surface area contributed by atoms with Crippen LogP contribution in [0.2, 0.25) is 0 Å². The summed E-state index contributed by atoms with van der Waals surface area (Å²) in [5.74, 6) is 0.939. The second kappa shape index (κ2) is 13.7. The van der Waals surface area contributed by atoms with Crippen molar-refractivity contribution in [3.8, 4) is 5.75 Å². The van der Waals surface area contributed by atoms with E-state index < -0.39 is 20.3 Å². The van der Waals surface area contributed by atoms with E-state index in [0.29, 0.717) is 4.48 Å². The molecule has 4 rings (SSSR count). The zero-order valence-electron chi connectivity index (χ0n) is 20.9. The van der Waals surface area contributed by atoms with Gasteiger partial charge in [0.15, 0.2) is 0 Å². The van der Waals surface area contributed by atoms with Gasteiger partial charge >= 0.3 is 34.4 Å². The van der Waals surface area contributed by atoms with Crippen LogP contribution in [0.15, 0.2) is 115 Å². The summed E-state index contributed by atoms with van der Waals surface area (Å²) in [5.41, 5.74) is 4.98. The molecule has 2 nitrogen and oxygen atoms in total. The van der Waals surface area contributed by atoms with E-state index in [9.17, 15) is 14.1 Å². The summed E-state index contributed by atoms with van der Waals surface area (Å²) in [4.78, 5) is 0. The minimum atomic E-state index is -9.19. The molecule has 0 radical (unpaired) electrons. The van der Waals surface area contributed by atoms with Crippen molar-refractivity contribution in [3.05, 3.63) is 121 Å². The van der Waals surface area contributed by atoms with Crippen molar-refractivity contribution in [1.29, 1.82) is 0 Å². The molecule has 9 heteroatoms. The SMILES string of the molecule is CCCCOc1ccc(C[N+](c2ccccc2)(c2ccccc2)c2ccccc2)cc1.[F-].[F][Sb]([F])([F])([F])[F]. The van der Waals surface area contributed by atoms with E-state index in [-0.39, 0.29) is 4.70 Å². The fraction of sp³-hybridized carbons (Fsp3) is 0.172. The average Bonchev–Trinajstić information content (AvgIpc) is 2.88. The van der Waals surface area contributed by atoms with Crippen LogP contribution in [0.4, 0.5) is 31.1 Å². The normalized spacial score (nSPS) is 12.2. The molecule has 0 amide bonds. The molecular formula is C29H30F6NOSb. The number of halogens is 6. The second-order valence-corrected chi connectivity index (χ2v) is 12.1. The Hall–Kier alpha value is -2.96. The van der Waals surface area contributed by atoms with Gasteiger partial charge in [0.1, 0.15) is 29.4 Å². The number of hydrogen-bond donors (Lipinski definition) is 0. The summed E-state index contributed by atoms with van der Waals surface area (Å²) in [7, 11) is 0. The van der Waals surface area contributed by atoms with Crippen LogP contribution in [-0.4, -0.2) is 26.9 Å². The van der Waals surface area contributed by atoms with Gasteiger partial charge in [-0.3, -0.25) is 0 Å². The fourth-order valence-corrected chi connectivity index (χ4v) is 4.07. The maximum atomic E-state index is 9.91. The van der Waals surface area contributed by atoms with Gasteiger partial charge in [0.25, 0.3) is 0 Å². The van der Waals surface area contributed by atoms with E-state index >= 15 is 0 Å². The van der Waals surface area contributed by atoms with Crippen LogP contribution in [0, 0.1) is 0 Å². The number of hydrogen-bond acceptors (Lipinski definition) is 1.